The zero-order valence-electron chi connectivity index (χ0n) is 15.0. The summed E-state index contributed by atoms with van der Waals surface area (Å²) in [5.74, 6) is 1.19. The van der Waals surface area contributed by atoms with Gasteiger partial charge in [-0.3, -0.25) is 0 Å². The van der Waals surface area contributed by atoms with Crippen molar-refractivity contribution in [3.05, 3.63) is 11.6 Å². The molecule has 3 N–H and O–H groups in total. The van der Waals surface area contributed by atoms with E-state index in [2.05, 4.69) is 26.8 Å². The van der Waals surface area contributed by atoms with Gasteiger partial charge in [-0.05, 0) is 61.2 Å². The van der Waals surface area contributed by atoms with Gasteiger partial charge in [-0.1, -0.05) is 38.8 Å². The van der Waals surface area contributed by atoms with E-state index in [1.54, 1.807) is 0 Å². The third kappa shape index (κ3) is 2.60. The van der Waals surface area contributed by atoms with Gasteiger partial charge in [0.2, 0.25) is 0 Å². The Kier molecular flexibility index (Phi) is 4.44. The van der Waals surface area contributed by atoms with Gasteiger partial charge in [0.15, 0.2) is 0 Å². The van der Waals surface area contributed by atoms with Gasteiger partial charge in [0.25, 0.3) is 0 Å². The summed E-state index contributed by atoms with van der Waals surface area (Å²) < 4.78 is 0. The van der Waals surface area contributed by atoms with Crippen molar-refractivity contribution in [1.82, 2.24) is 0 Å². The van der Waals surface area contributed by atoms with Crippen molar-refractivity contribution in [1.29, 1.82) is 0 Å². The van der Waals surface area contributed by atoms with Crippen LogP contribution in [0.4, 0.5) is 0 Å². The van der Waals surface area contributed by atoms with E-state index in [4.69, 9.17) is 0 Å². The van der Waals surface area contributed by atoms with Crippen LogP contribution in [0, 0.1) is 28.1 Å². The highest BCUT2D eigenvalue weighted by molar-refractivity contribution is 5.25. The number of aliphatic hydroxyl groups excluding tert-OH is 3. The number of fused-ring (bicyclic) bond motifs is 3. The second-order valence-corrected chi connectivity index (χ2v) is 9.28. The standard InChI is InChI=1S/C20H34O3/c1-18(17(23)12-21)10-7-15-14(11-18)5-6-16-19(2,13-22)8-4-9-20(15,16)3/h11,15-17,21-23H,4-10,12-13H2,1-3H3/t15-,16-,17?,18+,19+,20+/m1/s1. The van der Waals surface area contributed by atoms with E-state index in [0.717, 1.165) is 32.1 Å². The van der Waals surface area contributed by atoms with E-state index in [9.17, 15) is 15.3 Å². The fraction of sp³-hybridized carbons (Fsp3) is 0.900. The molecule has 0 saturated heterocycles. The zero-order chi connectivity index (χ0) is 16.9. The van der Waals surface area contributed by atoms with Gasteiger partial charge in [0.1, 0.15) is 0 Å². The maximum absolute atomic E-state index is 10.2. The summed E-state index contributed by atoms with van der Waals surface area (Å²) in [4.78, 5) is 0. The van der Waals surface area contributed by atoms with Crippen molar-refractivity contribution in [2.24, 2.45) is 28.1 Å². The molecule has 1 unspecified atom stereocenters. The number of rotatable bonds is 3. The molecule has 3 heteroatoms. The molecule has 0 aliphatic heterocycles. The molecule has 2 fully saturated rings. The highest BCUT2D eigenvalue weighted by atomic mass is 16.3. The molecule has 23 heavy (non-hydrogen) atoms. The van der Waals surface area contributed by atoms with E-state index in [-0.39, 0.29) is 22.9 Å². The van der Waals surface area contributed by atoms with Crippen LogP contribution in [-0.2, 0) is 0 Å². The quantitative estimate of drug-likeness (QED) is 0.699. The third-order valence-electron chi connectivity index (χ3n) is 7.85. The lowest BCUT2D eigenvalue weighted by Gasteiger charge is -2.60. The molecular formula is C20H34O3. The smallest absolute Gasteiger partial charge is 0.0858 e. The molecule has 0 spiro atoms. The fourth-order valence-electron chi connectivity index (χ4n) is 6.32. The van der Waals surface area contributed by atoms with E-state index in [1.165, 1.54) is 18.4 Å². The van der Waals surface area contributed by atoms with Crippen LogP contribution in [0.25, 0.3) is 0 Å². The average Bonchev–Trinajstić information content (AvgIpc) is 2.53. The Bertz CT molecular complexity index is 487. The number of hydrogen-bond acceptors (Lipinski definition) is 3. The Balaban J connectivity index is 1.92. The second-order valence-electron chi connectivity index (χ2n) is 9.28. The van der Waals surface area contributed by atoms with Crippen molar-refractivity contribution in [3.63, 3.8) is 0 Å². The van der Waals surface area contributed by atoms with Crippen LogP contribution in [0.5, 0.6) is 0 Å². The predicted molar refractivity (Wildman–Crippen MR) is 91.9 cm³/mol. The number of aliphatic hydroxyl groups is 3. The van der Waals surface area contributed by atoms with Gasteiger partial charge in [0, 0.05) is 12.0 Å². The Labute approximate surface area is 140 Å². The third-order valence-corrected chi connectivity index (χ3v) is 7.85. The lowest BCUT2D eigenvalue weighted by atomic mass is 9.45. The Morgan fingerprint density at radius 1 is 1.13 bits per heavy atom. The van der Waals surface area contributed by atoms with Crippen molar-refractivity contribution in [2.45, 2.75) is 71.8 Å². The van der Waals surface area contributed by atoms with E-state index in [0.29, 0.717) is 18.4 Å². The highest BCUT2D eigenvalue weighted by Crippen LogP contribution is 2.63. The van der Waals surface area contributed by atoms with Crippen LogP contribution in [0.2, 0.25) is 0 Å². The molecular weight excluding hydrogens is 288 g/mol. The Hall–Kier alpha value is -0.380. The van der Waals surface area contributed by atoms with Gasteiger partial charge in [-0.2, -0.15) is 0 Å². The van der Waals surface area contributed by atoms with Crippen molar-refractivity contribution < 1.29 is 15.3 Å². The summed E-state index contributed by atoms with van der Waals surface area (Å²) in [7, 11) is 0. The summed E-state index contributed by atoms with van der Waals surface area (Å²) in [5, 5.41) is 29.6. The maximum atomic E-state index is 10.2. The first kappa shape index (κ1) is 17.4. The molecule has 132 valence electrons. The zero-order valence-corrected chi connectivity index (χ0v) is 15.0. The Morgan fingerprint density at radius 2 is 1.87 bits per heavy atom. The molecule has 0 bridgehead atoms. The van der Waals surface area contributed by atoms with Crippen LogP contribution in [0.15, 0.2) is 11.6 Å². The molecule has 3 aliphatic carbocycles. The summed E-state index contributed by atoms with van der Waals surface area (Å²) >= 11 is 0. The summed E-state index contributed by atoms with van der Waals surface area (Å²) in [6.45, 7) is 6.97. The fourth-order valence-corrected chi connectivity index (χ4v) is 6.32. The first-order valence-electron chi connectivity index (χ1n) is 9.40. The SMILES string of the molecule is C[C@@]1(CO)CCC[C@@]2(C)[C@@H]3CC[C@](C)(C(O)CO)C=C3CC[C@H]12. The van der Waals surface area contributed by atoms with Gasteiger partial charge in [-0.15, -0.1) is 0 Å². The highest BCUT2D eigenvalue weighted by Gasteiger charge is 2.55. The Morgan fingerprint density at radius 3 is 2.52 bits per heavy atom. The molecule has 2 saturated carbocycles. The van der Waals surface area contributed by atoms with E-state index in [1.807, 2.05) is 0 Å². The monoisotopic (exact) mass is 322 g/mol. The van der Waals surface area contributed by atoms with Crippen molar-refractivity contribution in [3.8, 4) is 0 Å². The lowest BCUT2D eigenvalue weighted by molar-refractivity contribution is -0.0938. The van der Waals surface area contributed by atoms with E-state index >= 15 is 0 Å². The minimum atomic E-state index is -0.657. The molecule has 0 aromatic rings. The minimum absolute atomic E-state index is 0.0733. The first-order valence-corrected chi connectivity index (χ1v) is 9.40. The first-order chi connectivity index (χ1) is 10.8. The lowest BCUT2D eigenvalue weighted by Crippen LogP contribution is -2.53. The largest absolute Gasteiger partial charge is 0.396 e. The van der Waals surface area contributed by atoms with Crippen molar-refractivity contribution in [2.75, 3.05) is 13.2 Å². The number of hydrogen-bond donors (Lipinski definition) is 3. The second kappa shape index (κ2) is 5.86. The molecule has 0 aromatic heterocycles. The molecule has 0 aromatic carbocycles. The molecule has 3 rings (SSSR count). The average molecular weight is 322 g/mol. The molecule has 0 heterocycles. The summed E-state index contributed by atoms with van der Waals surface area (Å²) in [6, 6.07) is 0. The molecule has 0 amide bonds. The molecule has 6 atom stereocenters. The topological polar surface area (TPSA) is 60.7 Å². The van der Waals surface area contributed by atoms with Crippen LogP contribution in [0.1, 0.15) is 65.7 Å². The predicted octanol–water partition coefficient (Wildman–Crippen LogP) is 3.28. The molecule has 3 nitrogen and oxygen atoms in total. The van der Waals surface area contributed by atoms with Crippen LogP contribution in [-0.4, -0.2) is 34.6 Å². The van der Waals surface area contributed by atoms with Gasteiger partial charge < -0.3 is 15.3 Å². The minimum Gasteiger partial charge on any atom is -0.396 e. The molecule has 3 aliphatic rings. The summed E-state index contributed by atoms with van der Waals surface area (Å²) in [5.41, 5.74) is 1.58. The van der Waals surface area contributed by atoms with Crippen molar-refractivity contribution >= 4 is 0 Å². The van der Waals surface area contributed by atoms with Gasteiger partial charge in [0.05, 0.1) is 12.7 Å². The van der Waals surface area contributed by atoms with Crippen LogP contribution in [0.3, 0.4) is 0 Å². The normalized spacial score (nSPS) is 48.2. The van der Waals surface area contributed by atoms with E-state index < -0.39 is 6.10 Å². The van der Waals surface area contributed by atoms with Crippen LogP contribution < -0.4 is 0 Å². The summed E-state index contributed by atoms with van der Waals surface area (Å²) in [6.07, 6.45) is 9.56. The molecule has 0 radical (unpaired) electrons. The number of allylic oxidation sites excluding steroid dienone is 1. The van der Waals surface area contributed by atoms with Gasteiger partial charge >= 0.3 is 0 Å². The maximum Gasteiger partial charge on any atom is 0.0858 e. The van der Waals surface area contributed by atoms with Crippen LogP contribution >= 0.6 is 0 Å². The van der Waals surface area contributed by atoms with Gasteiger partial charge in [-0.25, -0.2) is 0 Å².